The van der Waals surface area contributed by atoms with Gasteiger partial charge >= 0.3 is 6.09 Å². The van der Waals surface area contributed by atoms with Crippen molar-refractivity contribution in [2.75, 3.05) is 11.9 Å². The van der Waals surface area contributed by atoms with E-state index < -0.39 is 6.09 Å². The minimum Gasteiger partial charge on any atom is -0.489 e. The minimum absolute atomic E-state index is 0.337. The van der Waals surface area contributed by atoms with Gasteiger partial charge in [-0.25, -0.2) is 4.79 Å². The molecule has 5 heteroatoms. The molecule has 0 saturated carbocycles. The molecule has 4 nitrogen and oxygen atoms in total. The molecule has 2 rings (SSSR count). The van der Waals surface area contributed by atoms with Crippen molar-refractivity contribution in [3.05, 3.63) is 56.2 Å². The maximum Gasteiger partial charge on any atom is 0.411 e. The quantitative estimate of drug-likeness (QED) is 0.638. The van der Waals surface area contributed by atoms with Crippen LogP contribution < -0.4 is 10.1 Å². The standard InChI is InChI=1S/C19H22INO3/c1-5-23-19(22)21-17-8-6-7-16(20)15(17)11-24-18-10-13(3)12(2)9-14(18)4/h6-10H,5,11H2,1-4H3,(H,21,22). The molecular formula is C19H22INO3. The molecule has 0 aromatic heterocycles. The summed E-state index contributed by atoms with van der Waals surface area (Å²) in [5.74, 6) is 0.861. The van der Waals surface area contributed by atoms with Gasteiger partial charge in [0.1, 0.15) is 12.4 Å². The summed E-state index contributed by atoms with van der Waals surface area (Å²) in [6.07, 6.45) is -0.455. The zero-order valence-corrected chi connectivity index (χ0v) is 16.6. The van der Waals surface area contributed by atoms with Crippen LogP contribution in [0.1, 0.15) is 29.2 Å². The zero-order valence-electron chi connectivity index (χ0n) is 14.4. The molecule has 0 bridgehead atoms. The number of amides is 1. The second kappa shape index (κ2) is 8.37. The predicted octanol–water partition coefficient (Wildman–Crippen LogP) is 5.36. The summed E-state index contributed by atoms with van der Waals surface area (Å²) < 4.78 is 12.0. The first-order chi connectivity index (χ1) is 11.4. The molecule has 2 aromatic carbocycles. The van der Waals surface area contributed by atoms with E-state index in [2.05, 4.69) is 53.9 Å². The molecule has 1 N–H and O–H groups in total. The van der Waals surface area contributed by atoms with Crippen LogP contribution in [0.15, 0.2) is 30.3 Å². The number of benzene rings is 2. The Morgan fingerprint density at radius 2 is 1.83 bits per heavy atom. The minimum atomic E-state index is -0.455. The maximum absolute atomic E-state index is 11.7. The molecule has 0 aliphatic rings. The van der Waals surface area contributed by atoms with Crippen molar-refractivity contribution in [3.8, 4) is 5.75 Å². The Bertz CT molecular complexity index is 744. The molecule has 0 fully saturated rings. The Balaban J connectivity index is 2.20. The van der Waals surface area contributed by atoms with Gasteiger partial charge < -0.3 is 9.47 Å². The molecule has 0 radical (unpaired) electrons. The van der Waals surface area contributed by atoms with E-state index in [0.717, 1.165) is 20.4 Å². The lowest BCUT2D eigenvalue weighted by atomic mass is 10.1. The first-order valence-corrected chi connectivity index (χ1v) is 8.92. The first-order valence-electron chi connectivity index (χ1n) is 7.84. The van der Waals surface area contributed by atoms with Crippen LogP contribution in [0.4, 0.5) is 10.5 Å². The van der Waals surface area contributed by atoms with E-state index in [9.17, 15) is 4.79 Å². The number of hydrogen-bond acceptors (Lipinski definition) is 3. The molecule has 1 amide bonds. The molecule has 0 aliphatic heterocycles. The highest BCUT2D eigenvalue weighted by Crippen LogP contribution is 2.27. The summed E-state index contributed by atoms with van der Waals surface area (Å²) in [5.41, 5.74) is 5.19. The van der Waals surface area contributed by atoms with Crippen LogP contribution in [-0.2, 0) is 11.3 Å². The molecule has 24 heavy (non-hydrogen) atoms. The van der Waals surface area contributed by atoms with Gasteiger partial charge in [-0.1, -0.05) is 12.1 Å². The van der Waals surface area contributed by atoms with Gasteiger partial charge in [-0.3, -0.25) is 5.32 Å². The fourth-order valence-corrected chi connectivity index (χ4v) is 2.99. The summed E-state index contributed by atoms with van der Waals surface area (Å²) in [5, 5.41) is 2.78. The van der Waals surface area contributed by atoms with E-state index in [-0.39, 0.29) is 0 Å². The van der Waals surface area contributed by atoms with Gasteiger partial charge in [-0.15, -0.1) is 0 Å². The van der Waals surface area contributed by atoms with Crippen LogP contribution in [-0.4, -0.2) is 12.7 Å². The van der Waals surface area contributed by atoms with Crippen LogP contribution in [0.5, 0.6) is 5.75 Å². The van der Waals surface area contributed by atoms with Crippen LogP contribution >= 0.6 is 22.6 Å². The van der Waals surface area contributed by atoms with Crippen LogP contribution in [0.2, 0.25) is 0 Å². The van der Waals surface area contributed by atoms with E-state index in [1.54, 1.807) is 6.92 Å². The molecule has 0 heterocycles. The number of nitrogens with one attached hydrogen (secondary N) is 1. The van der Waals surface area contributed by atoms with Gasteiger partial charge in [0, 0.05) is 9.13 Å². The van der Waals surface area contributed by atoms with E-state index in [0.29, 0.717) is 18.9 Å². The van der Waals surface area contributed by atoms with E-state index in [4.69, 9.17) is 9.47 Å². The summed E-state index contributed by atoms with van der Waals surface area (Å²) in [4.78, 5) is 11.7. The molecule has 0 aliphatic carbocycles. The third kappa shape index (κ3) is 4.63. The first kappa shape index (κ1) is 18.6. The second-order valence-electron chi connectivity index (χ2n) is 5.60. The number of rotatable bonds is 5. The van der Waals surface area contributed by atoms with Gasteiger partial charge in [-0.05, 0) is 85.2 Å². The lowest BCUT2D eigenvalue weighted by Gasteiger charge is -2.16. The zero-order chi connectivity index (χ0) is 17.7. The number of carbonyl (C=O) groups is 1. The van der Waals surface area contributed by atoms with Crippen molar-refractivity contribution >= 4 is 34.4 Å². The molecule has 128 valence electrons. The Morgan fingerprint density at radius 3 is 2.54 bits per heavy atom. The summed E-state index contributed by atoms with van der Waals surface area (Å²) in [6.45, 7) is 8.69. The average Bonchev–Trinajstić information content (AvgIpc) is 2.51. The smallest absolute Gasteiger partial charge is 0.411 e. The Hall–Kier alpha value is -1.76. The molecule has 2 aromatic rings. The predicted molar refractivity (Wildman–Crippen MR) is 105 cm³/mol. The number of ether oxygens (including phenoxy) is 2. The Kier molecular flexibility index (Phi) is 6.48. The highest BCUT2D eigenvalue weighted by atomic mass is 127. The van der Waals surface area contributed by atoms with Crippen molar-refractivity contribution in [3.63, 3.8) is 0 Å². The fourth-order valence-electron chi connectivity index (χ4n) is 2.34. The lowest BCUT2D eigenvalue weighted by molar-refractivity contribution is 0.168. The number of anilines is 1. The monoisotopic (exact) mass is 439 g/mol. The average molecular weight is 439 g/mol. The maximum atomic E-state index is 11.7. The fraction of sp³-hybridized carbons (Fsp3) is 0.316. The molecule has 0 unspecified atom stereocenters. The van der Waals surface area contributed by atoms with Crippen LogP contribution in [0.3, 0.4) is 0 Å². The number of halogens is 1. The summed E-state index contributed by atoms with van der Waals surface area (Å²) in [6, 6.07) is 9.92. The van der Waals surface area contributed by atoms with Gasteiger partial charge in [-0.2, -0.15) is 0 Å². The molecule has 0 atom stereocenters. The van der Waals surface area contributed by atoms with Gasteiger partial charge in [0.05, 0.1) is 12.3 Å². The van der Waals surface area contributed by atoms with Crippen molar-refractivity contribution in [1.82, 2.24) is 0 Å². The third-order valence-electron chi connectivity index (χ3n) is 3.79. The highest BCUT2D eigenvalue weighted by Gasteiger charge is 2.12. The Labute approximate surface area is 156 Å². The SMILES string of the molecule is CCOC(=O)Nc1cccc(I)c1COc1cc(C)c(C)cc1C. The van der Waals surface area contributed by atoms with E-state index in [1.807, 2.05) is 25.1 Å². The topological polar surface area (TPSA) is 47.6 Å². The lowest BCUT2D eigenvalue weighted by Crippen LogP contribution is -2.15. The van der Waals surface area contributed by atoms with E-state index in [1.165, 1.54) is 11.1 Å². The highest BCUT2D eigenvalue weighted by molar-refractivity contribution is 14.1. The van der Waals surface area contributed by atoms with Crippen molar-refractivity contribution in [2.24, 2.45) is 0 Å². The van der Waals surface area contributed by atoms with Crippen molar-refractivity contribution < 1.29 is 14.3 Å². The van der Waals surface area contributed by atoms with Crippen molar-refractivity contribution in [2.45, 2.75) is 34.3 Å². The van der Waals surface area contributed by atoms with Gasteiger partial charge in [0.2, 0.25) is 0 Å². The molecule has 0 saturated heterocycles. The number of hydrogen-bond donors (Lipinski definition) is 1. The summed E-state index contributed by atoms with van der Waals surface area (Å²) in [7, 11) is 0. The summed E-state index contributed by atoms with van der Waals surface area (Å²) >= 11 is 2.25. The molecular weight excluding hydrogens is 417 g/mol. The molecule has 0 spiro atoms. The van der Waals surface area contributed by atoms with Gasteiger partial charge in [0.15, 0.2) is 0 Å². The normalized spacial score (nSPS) is 10.4. The third-order valence-corrected chi connectivity index (χ3v) is 4.80. The Morgan fingerprint density at radius 1 is 1.12 bits per heavy atom. The van der Waals surface area contributed by atoms with Crippen LogP contribution in [0.25, 0.3) is 0 Å². The van der Waals surface area contributed by atoms with Crippen molar-refractivity contribution in [1.29, 1.82) is 0 Å². The number of aryl methyl sites for hydroxylation is 3. The van der Waals surface area contributed by atoms with Gasteiger partial charge in [0.25, 0.3) is 0 Å². The van der Waals surface area contributed by atoms with Crippen LogP contribution in [0, 0.1) is 24.3 Å². The number of carbonyl (C=O) groups excluding carboxylic acids is 1. The largest absolute Gasteiger partial charge is 0.489 e. The second-order valence-corrected chi connectivity index (χ2v) is 6.76. The van der Waals surface area contributed by atoms with E-state index >= 15 is 0 Å².